The smallest absolute Gasteiger partial charge is 0.228 e. The fourth-order valence-electron chi connectivity index (χ4n) is 5.43. The molecule has 156 valence electrons. The molecule has 8 heteroatoms. The van der Waals surface area contributed by atoms with Crippen molar-refractivity contribution in [1.82, 2.24) is 19.6 Å². The van der Waals surface area contributed by atoms with E-state index >= 15 is 0 Å². The zero-order chi connectivity index (χ0) is 19.8. The number of hydrogen-bond acceptors (Lipinski definition) is 5. The van der Waals surface area contributed by atoms with Crippen LogP contribution in [0.15, 0.2) is 0 Å². The summed E-state index contributed by atoms with van der Waals surface area (Å²) in [6.07, 6.45) is 5.37. The second-order valence-electron chi connectivity index (χ2n) is 8.50. The number of fused-ring (bicyclic) bond motifs is 1. The summed E-state index contributed by atoms with van der Waals surface area (Å²) < 4.78 is 25.1. The number of nitrogens with one attached hydrogen (secondary N) is 1. The number of hydrogen-bond donors (Lipinski definition) is 1. The molecule has 0 aromatic heterocycles. The number of hydrazine groups is 1. The van der Waals surface area contributed by atoms with Gasteiger partial charge in [-0.3, -0.25) is 10.2 Å². The van der Waals surface area contributed by atoms with E-state index in [1.807, 2.05) is 18.7 Å². The fourth-order valence-corrected chi connectivity index (χ4v) is 6.31. The Labute approximate surface area is 164 Å². The molecule has 0 aromatic rings. The van der Waals surface area contributed by atoms with Crippen molar-refractivity contribution in [3.05, 3.63) is 0 Å². The summed E-state index contributed by atoms with van der Waals surface area (Å²) in [6, 6.07) is 0.439. The van der Waals surface area contributed by atoms with Crippen LogP contribution in [-0.2, 0) is 14.8 Å². The van der Waals surface area contributed by atoms with Gasteiger partial charge in [0.2, 0.25) is 15.9 Å². The molecule has 3 heterocycles. The molecule has 3 fully saturated rings. The molecule has 27 heavy (non-hydrogen) atoms. The van der Waals surface area contributed by atoms with Crippen LogP contribution < -0.4 is 5.43 Å². The van der Waals surface area contributed by atoms with Crippen LogP contribution in [0.25, 0.3) is 0 Å². The van der Waals surface area contributed by atoms with E-state index in [0.717, 1.165) is 45.3 Å². The van der Waals surface area contributed by atoms with Gasteiger partial charge in [-0.15, -0.1) is 0 Å². The van der Waals surface area contributed by atoms with E-state index in [0.29, 0.717) is 24.9 Å². The van der Waals surface area contributed by atoms with Crippen LogP contribution in [0.2, 0.25) is 0 Å². The molecule has 4 atom stereocenters. The molecule has 0 aromatic carbocycles. The molecular weight excluding hydrogens is 364 g/mol. The highest BCUT2D eigenvalue weighted by molar-refractivity contribution is 7.88. The van der Waals surface area contributed by atoms with Crippen LogP contribution in [0.5, 0.6) is 0 Å². The molecule has 3 aliphatic rings. The van der Waals surface area contributed by atoms with Crippen LogP contribution in [0, 0.1) is 17.8 Å². The first kappa shape index (κ1) is 21.0. The molecule has 3 rings (SSSR count). The molecule has 0 bridgehead atoms. The lowest BCUT2D eigenvalue weighted by Gasteiger charge is -2.42. The number of piperidine rings is 2. The predicted octanol–water partition coefficient (Wildman–Crippen LogP) is 1.13. The topological polar surface area (TPSA) is 73.0 Å². The fraction of sp³-hybridized carbons (Fsp3) is 0.947. The van der Waals surface area contributed by atoms with E-state index in [1.165, 1.54) is 6.26 Å². The SMILES string of the molecule is CCN(CC)C(=O)C1C(C)NN2CCC(C3CCN(S(C)(=O)=O)CC3)CC12. The molecule has 0 aliphatic carbocycles. The van der Waals surface area contributed by atoms with Crippen LogP contribution >= 0.6 is 0 Å². The zero-order valence-electron chi connectivity index (χ0n) is 17.2. The van der Waals surface area contributed by atoms with Crippen molar-refractivity contribution in [2.24, 2.45) is 17.8 Å². The first-order valence-corrected chi connectivity index (χ1v) is 12.4. The van der Waals surface area contributed by atoms with Crippen molar-refractivity contribution in [3.8, 4) is 0 Å². The van der Waals surface area contributed by atoms with E-state index in [-0.39, 0.29) is 23.9 Å². The Morgan fingerprint density at radius 2 is 1.67 bits per heavy atom. The summed E-state index contributed by atoms with van der Waals surface area (Å²) in [7, 11) is -3.07. The van der Waals surface area contributed by atoms with Crippen LogP contribution in [-0.4, -0.2) is 79.6 Å². The summed E-state index contributed by atoms with van der Waals surface area (Å²) >= 11 is 0. The summed E-state index contributed by atoms with van der Waals surface area (Å²) in [5.41, 5.74) is 3.54. The highest BCUT2D eigenvalue weighted by atomic mass is 32.2. The second-order valence-corrected chi connectivity index (χ2v) is 10.5. The number of carbonyl (C=O) groups excluding carboxylic acids is 1. The summed E-state index contributed by atoms with van der Waals surface area (Å²) in [5, 5.41) is 2.30. The van der Waals surface area contributed by atoms with Crippen molar-refractivity contribution in [1.29, 1.82) is 0 Å². The van der Waals surface area contributed by atoms with Crippen molar-refractivity contribution < 1.29 is 13.2 Å². The standard InChI is InChI=1S/C19H36N4O3S/c1-5-21(6-2)19(24)18-14(3)20-23-12-9-16(13-17(18)23)15-7-10-22(11-8-15)27(4,25)26/h14-18,20H,5-13H2,1-4H3. The molecule has 0 spiro atoms. The first-order chi connectivity index (χ1) is 12.8. The minimum Gasteiger partial charge on any atom is -0.343 e. The molecule has 0 radical (unpaired) electrons. The third-order valence-corrected chi connectivity index (χ3v) is 8.31. The maximum atomic E-state index is 13.1. The van der Waals surface area contributed by atoms with E-state index in [1.54, 1.807) is 4.31 Å². The number of rotatable bonds is 5. The van der Waals surface area contributed by atoms with Gasteiger partial charge in [0.25, 0.3) is 0 Å². The third kappa shape index (κ3) is 4.33. The molecule has 1 N–H and O–H groups in total. The van der Waals surface area contributed by atoms with Gasteiger partial charge in [-0.05, 0) is 58.3 Å². The van der Waals surface area contributed by atoms with Crippen LogP contribution in [0.1, 0.15) is 46.5 Å². The van der Waals surface area contributed by atoms with E-state index < -0.39 is 10.0 Å². The first-order valence-electron chi connectivity index (χ1n) is 10.5. The number of sulfonamides is 1. The van der Waals surface area contributed by atoms with Crippen LogP contribution in [0.4, 0.5) is 0 Å². The monoisotopic (exact) mass is 400 g/mol. The Morgan fingerprint density at radius 1 is 1.07 bits per heavy atom. The third-order valence-electron chi connectivity index (χ3n) is 7.00. The molecule has 0 saturated carbocycles. The molecule has 1 amide bonds. The lowest BCUT2D eigenvalue weighted by molar-refractivity contribution is -0.136. The minimum absolute atomic E-state index is 0.0174. The van der Waals surface area contributed by atoms with Gasteiger partial charge in [0.1, 0.15) is 0 Å². The average Bonchev–Trinajstić information content (AvgIpc) is 2.96. The molecule has 3 saturated heterocycles. The molecule has 3 aliphatic heterocycles. The van der Waals surface area contributed by atoms with Crippen molar-refractivity contribution in [2.45, 2.75) is 58.5 Å². The van der Waals surface area contributed by atoms with E-state index in [4.69, 9.17) is 0 Å². The maximum Gasteiger partial charge on any atom is 0.228 e. The molecule has 7 nitrogen and oxygen atoms in total. The van der Waals surface area contributed by atoms with Gasteiger partial charge < -0.3 is 4.90 Å². The number of nitrogens with zero attached hydrogens (tertiary/aromatic N) is 3. The van der Waals surface area contributed by atoms with Gasteiger partial charge in [0.05, 0.1) is 12.2 Å². The summed E-state index contributed by atoms with van der Waals surface area (Å²) in [4.78, 5) is 15.1. The Morgan fingerprint density at radius 3 is 2.22 bits per heavy atom. The highest BCUT2D eigenvalue weighted by Crippen LogP contribution is 2.40. The largest absolute Gasteiger partial charge is 0.343 e. The van der Waals surface area contributed by atoms with Gasteiger partial charge in [0.15, 0.2) is 0 Å². The number of carbonyl (C=O) groups is 1. The predicted molar refractivity (Wildman–Crippen MR) is 106 cm³/mol. The normalized spacial score (nSPS) is 33.8. The Kier molecular flexibility index (Phi) is 6.50. The zero-order valence-corrected chi connectivity index (χ0v) is 18.0. The van der Waals surface area contributed by atoms with Gasteiger partial charge in [-0.1, -0.05) is 0 Å². The van der Waals surface area contributed by atoms with Crippen LogP contribution in [0.3, 0.4) is 0 Å². The quantitative estimate of drug-likeness (QED) is 0.749. The van der Waals surface area contributed by atoms with Crippen molar-refractivity contribution >= 4 is 15.9 Å². The average molecular weight is 401 g/mol. The van der Waals surface area contributed by atoms with Crippen molar-refractivity contribution in [3.63, 3.8) is 0 Å². The van der Waals surface area contributed by atoms with Gasteiger partial charge in [-0.25, -0.2) is 17.7 Å². The van der Waals surface area contributed by atoms with Gasteiger partial charge in [0, 0.05) is 44.8 Å². The lowest BCUT2D eigenvalue weighted by atomic mass is 9.74. The maximum absolute atomic E-state index is 13.1. The van der Waals surface area contributed by atoms with E-state index in [9.17, 15) is 13.2 Å². The van der Waals surface area contributed by atoms with Crippen molar-refractivity contribution in [2.75, 3.05) is 39.0 Å². The highest BCUT2D eigenvalue weighted by Gasteiger charge is 2.48. The summed E-state index contributed by atoms with van der Waals surface area (Å²) in [6.45, 7) is 10.0. The Bertz CT molecular complexity index is 629. The lowest BCUT2D eigenvalue weighted by Crippen LogP contribution is -2.49. The summed E-state index contributed by atoms with van der Waals surface area (Å²) in [5.74, 6) is 1.46. The second kappa shape index (κ2) is 8.35. The Balaban J connectivity index is 1.65. The number of amides is 1. The molecular formula is C19H36N4O3S. The van der Waals surface area contributed by atoms with Gasteiger partial charge in [-0.2, -0.15) is 0 Å². The minimum atomic E-state index is -3.07. The van der Waals surface area contributed by atoms with E-state index in [2.05, 4.69) is 17.4 Å². The molecule has 4 unspecified atom stereocenters. The van der Waals surface area contributed by atoms with Gasteiger partial charge >= 0.3 is 0 Å². The Hall–Kier alpha value is -0.700.